The molecule has 3 heterocycles. The number of hydrogen-bond acceptors (Lipinski definition) is 5. The second-order valence-electron chi connectivity index (χ2n) is 6.42. The first kappa shape index (κ1) is 19.1. The molecule has 0 bridgehead atoms. The fraction of sp³-hybridized carbons (Fsp3) is 0.562. The fourth-order valence-corrected chi connectivity index (χ4v) is 3.04. The number of likely N-dealkylation sites (tertiary alicyclic amines) is 1. The Kier molecular flexibility index (Phi) is 5.57. The van der Waals surface area contributed by atoms with Gasteiger partial charge in [-0.3, -0.25) is 0 Å². The molecule has 0 atom stereocenters. The number of carbonyl (C=O) groups is 1. The molecular weight excluding hydrogens is 363 g/mol. The molecule has 11 heteroatoms. The molecule has 3 rings (SSSR count). The monoisotopic (exact) mass is 383 g/mol. The Balaban J connectivity index is 1.47. The Morgan fingerprint density at radius 3 is 2.52 bits per heavy atom. The van der Waals surface area contributed by atoms with E-state index in [0.717, 1.165) is 18.9 Å². The molecular formula is C16H20F3N7O. The zero-order chi connectivity index (χ0) is 19.4. The molecule has 0 unspecified atom stereocenters. The third-order valence-corrected chi connectivity index (χ3v) is 4.43. The summed E-state index contributed by atoms with van der Waals surface area (Å²) in [5.41, 5.74) is -0.720. The summed E-state index contributed by atoms with van der Waals surface area (Å²) in [5, 5.41) is 10.3. The number of aryl methyl sites for hydroxylation is 1. The number of rotatable bonds is 4. The van der Waals surface area contributed by atoms with Crippen molar-refractivity contribution in [2.45, 2.75) is 38.4 Å². The molecule has 146 valence electrons. The van der Waals surface area contributed by atoms with Crippen LogP contribution in [0.2, 0.25) is 0 Å². The van der Waals surface area contributed by atoms with E-state index in [0.29, 0.717) is 13.1 Å². The summed E-state index contributed by atoms with van der Waals surface area (Å²) in [6.07, 6.45) is 0.534. The lowest BCUT2D eigenvalue weighted by Crippen LogP contribution is -2.45. The van der Waals surface area contributed by atoms with Gasteiger partial charge in [0.25, 0.3) is 0 Å². The fourth-order valence-electron chi connectivity index (χ4n) is 3.04. The highest BCUT2D eigenvalue weighted by Crippen LogP contribution is 2.27. The number of piperidine rings is 1. The molecule has 2 aromatic rings. The van der Waals surface area contributed by atoms with E-state index in [1.165, 1.54) is 6.92 Å². The van der Waals surface area contributed by atoms with Gasteiger partial charge < -0.3 is 14.8 Å². The van der Waals surface area contributed by atoms with Crippen molar-refractivity contribution in [3.8, 4) is 0 Å². The number of aromatic nitrogens is 5. The minimum absolute atomic E-state index is 0.0638. The van der Waals surface area contributed by atoms with Crippen LogP contribution in [-0.2, 0) is 12.6 Å². The molecule has 27 heavy (non-hydrogen) atoms. The topological polar surface area (TPSA) is 88.8 Å². The molecule has 0 saturated carbocycles. The van der Waals surface area contributed by atoms with Gasteiger partial charge in [0.15, 0.2) is 0 Å². The number of halogens is 3. The Morgan fingerprint density at radius 1 is 1.22 bits per heavy atom. The average Bonchev–Trinajstić information content (AvgIpc) is 3.15. The van der Waals surface area contributed by atoms with Gasteiger partial charge in [-0.2, -0.15) is 13.2 Å². The maximum atomic E-state index is 12.8. The van der Waals surface area contributed by atoms with Crippen LogP contribution in [-0.4, -0.2) is 55.3 Å². The molecule has 1 saturated heterocycles. The zero-order valence-corrected chi connectivity index (χ0v) is 14.8. The van der Waals surface area contributed by atoms with Crippen molar-refractivity contribution in [2.24, 2.45) is 0 Å². The van der Waals surface area contributed by atoms with Gasteiger partial charge in [-0.25, -0.2) is 14.8 Å². The number of amides is 2. The number of hydrogen-bond donors (Lipinski definition) is 1. The van der Waals surface area contributed by atoms with Gasteiger partial charge in [-0.05, 0) is 25.8 Å². The summed E-state index contributed by atoms with van der Waals surface area (Å²) < 4.78 is 40.3. The highest BCUT2D eigenvalue weighted by atomic mass is 19.4. The van der Waals surface area contributed by atoms with Crippen LogP contribution in [0.3, 0.4) is 0 Å². The Bertz CT molecular complexity index is 771. The van der Waals surface area contributed by atoms with E-state index in [9.17, 15) is 18.0 Å². The minimum Gasteiger partial charge on any atom is -0.338 e. The van der Waals surface area contributed by atoms with Crippen molar-refractivity contribution in [2.75, 3.05) is 19.6 Å². The van der Waals surface area contributed by atoms with Gasteiger partial charge >= 0.3 is 12.2 Å². The van der Waals surface area contributed by atoms with Crippen molar-refractivity contribution in [1.82, 2.24) is 34.9 Å². The van der Waals surface area contributed by atoms with E-state index in [1.54, 1.807) is 17.6 Å². The van der Waals surface area contributed by atoms with Crippen LogP contribution in [0, 0.1) is 6.92 Å². The van der Waals surface area contributed by atoms with Crippen molar-refractivity contribution in [3.63, 3.8) is 0 Å². The van der Waals surface area contributed by atoms with E-state index in [1.807, 2.05) is 4.57 Å². The second-order valence-corrected chi connectivity index (χ2v) is 6.42. The van der Waals surface area contributed by atoms with Gasteiger partial charge in [-0.1, -0.05) is 0 Å². The highest BCUT2D eigenvalue weighted by Gasteiger charge is 2.33. The Morgan fingerprint density at radius 2 is 1.89 bits per heavy atom. The molecule has 1 aliphatic heterocycles. The third-order valence-electron chi connectivity index (χ3n) is 4.43. The van der Waals surface area contributed by atoms with E-state index < -0.39 is 11.9 Å². The summed E-state index contributed by atoms with van der Waals surface area (Å²) in [4.78, 5) is 21.5. The van der Waals surface area contributed by atoms with Gasteiger partial charge in [-0.15, -0.1) is 10.2 Å². The zero-order valence-electron chi connectivity index (χ0n) is 14.8. The van der Waals surface area contributed by atoms with Crippen LogP contribution < -0.4 is 5.32 Å². The molecule has 0 radical (unpaired) electrons. The smallest absolute Gasteiger partial charge is 0.338 e. The van der Waals surface area contributed by atoms with Crippen LogP contribution in [0.1, 0.15) is 36.1 Å². The summed E-state index contributed by atoms with van der Waals surface area (Å²) in [7, 11) is 0. The normalized spacial score (nSPS) is 15.8. The summed E-state index contributed by atoms with van der Waals surface area (Å²) in [6.45, 7) is 2.84. The number of carbonyl (C=O) groups excluding carboxylic acids is 1. The number of urea groups is 1. The predicted molar refractivity (Wildman–Crippen MR) is 88.7 cm³/mol. The SMILES string of the molecule is Cc1cc(C(F)(F)F)nc(CCNC(=O)N2CCC(n3cnnc3)CC2)n1. The van der Waals surface area contributed by atoms with Gasteiger partial charge in [0.1, 0.15) is 24.2 Å². The van der Waals surface area contributed by atoms with E-state index >= 15 is 0 Å². The second kappa shape index (κ2) is 7.89. The Labute approximate surface area is 153 Å². The molecule has 0 aliphatic carbocycles. The lowest BCUT2D eigenvalue weighted by molar-refractivity contribution is -0.141. The van der Waals surface area contributed by atoms with E-state index in [2.05, 4.69) is 25.5 Å². The van der Waals surface area contributed by atoms with E-state index in [4.69, 9.17) is 0 Å². The van der Waals surface area contributed by atoms with Crippen LogP contribution in [0.4, 0.5) is 18.0 Å². The molecule has 8 nitrogen and oxygen atoms in total. The minimum atomic E-state index is -4.51. The summed E-state index contributed by atoms with van der Waals surface area (Å²) >= 11 is 0. The lowest BCUT2D eigenvalue weighted by atomic mass is 10.1. The molecule has 2 amide bonds. The first-order chi connectivity index (χ1) is 12.8. The number of alkyl halides is 3. The largest absolute Gasteiger partial charge is 0.433 e. The van der Waals surface area contributed by atoms with Gasteiger partial charge in [0, 0.05) is 37.8 Å². The predicted octanol–water partition coefficient (Wildman–Crippen LogP) is 1.98. The Hall–Kier alpha value is -2.72. The maximum Gasteiger partial charge on any atom is 0.433 e. The first-order valence-corrected chi connectivity index (χ1v) is 8.61. The highest BCUT2D eigenvalue weighted by molar-refractivity contribution is 5.74. The van der Waals surface area contributed by atoms with E-state index in [-0.39, 0.29) is 36.6 Å². The molecule has 1 N–H and O–H groups in total. The molecule has 1 fully saturated rings. The number of nitrogens with zero attached hydrogens (tertiary/aromatic N) is 6. The lowest BCUT2D eigenvalue weighted by Gasteiger charge is -2.32. The molecule has 0 spiro atoms. The van der Waals surface area contributed by atoms with Crippen molar-refractivity contribution < 1.29 is 18.0 Å². The number of nitrogens with one attached hydrogen (secondary N) is 1. The van der Waals surface area contributed by atoms with Gasteiger partial charge in [0.2, 0.25) is 0 Å². The van der Waals surface area contributed by atoms with Crippen molar-refractivity contribution in [1.29, 1.82) is 0 Å². The third kappa shape index (κ3) is 4.92. The first-order valence-electron chi connectivity index (χ1n) is 8.61. The van der Waals surface area contributed by atoms with Gasteiger partial charge in [0.05, 0.1) is 0 Å². The molecule has 2 aromatic heterocycles. The van der Waals surface area contributed by atoms with Crippen LogP contribution >= 0.6 is 0 Å². The quantitative estimate of drug-likeness (QED) is 0.872. The van der Waals surface area contributed by atoms with Crippen LogP contribution in [0.25, 0.3) is 0 Å². The molecule has 1 aliphatic rings. The van der Waals surface area contributed by atoms with Crippen molar-refractivity contribution in [3.05, 3.63) is 35.9 Å². The van der Waals surface area contributed by atoms with Crippen molar-refractivity contribution >= 4 is 6.03 Å². The maximum absolute atomic E-state index is 12.8. The summed E-state index contributed by atoms with van der Waals surface area (Å²) in [5.74, 6) is 0.0638. The standard InChI is InChI=1S/C16H20F3N7O/c1-11-8-13(16(17,18)19)24-14(23-11)2-5-20-15(27)25-6-3-12(4-7-25)26-9-21-22-10-26/h8-10,12H,2-7H2,1H3,(H,20,27). The molecule has 0 aromatic carbocycles. The summed E-state index contributed by atoms with van der Waals surface area (Å²) in [6, 6.07) is 0.939. The van der Waals surface area contributed by atoms with Crippen LogP contribution in [0.5, 0.6) is 0 Å². The average molecular weight is 383 g/mol. The van der Waals surface area contributed by atoms with Crippen LogP contribution in [0.15, 0.2) is 18.7 Å².